The fourth-order valence-corrected chi connectivity index (χ4v) is 2.39. The van der Waals surface area contributed by atoms with Gasteiger partial charge in [0.1, 0.15) is 17.2 Å². The van der Waals surface area contributed by atoms with E-state index < -0.39 is 34.6 Å². The highest BCUT2D eigenvalue weighted by Gasteiger charge is 2.38. The highest BCUT2D eigenvalue weighted by Crippen LogP contribution is 2.30. The quantitative estimate of drug-likeness (QED) is 0.498. The maximum atomic E-state index is 14.2. The summed E-state index contributed by atoms with van der Waals surface area (Å²) < 4.78 is 55.8. The van der Waals surface area contributed by atoms with Gasteiger partial charge in [-0.3, -0.25) is 9.59 Å². The molecule has 142 valence electrons. The van der Waals surface area contributed by atoms with Crippen molar-refractivity contribution >= 4 is 11.4 Å². The van der Waals surface area contributed by atoms with Crippen LogP contribution in [0.1, 0.15) is 18.4 Å². The van der Waals surface area contributed by atoms with Crippen LogP contribution in [0.2, 0.25) is 0 Å². The minimum Gasteiger partial charge on any atom is -0.380 e. The molecule has 7 nitrogen and oxygen atoms in total. The molecule has 1 heterocycles. The number of anilines is 2. The van der Waals surface area contributed by atoms with E-state index in [1.807, 2.05) is 0 Å². The summed E-state index contributed by atoms with van der Waals surface area (Å²) in [5.41, 5.74) is -0.884. The monoisotopic (exact) mass is 384 g/mol. The highest BCUT2D eigenvalue weighted by molar-refractivity contribution is 5.74. The first-order valence-electron chi connectivity index (χ1n) is 7.73. The largest absolute Gasteiger partial charge is 0.471 e. The molecule has 3 rings (SSSR count). The first kappa shape index (κ1) is 18.5. The van der Waals surface area contributed by atoms with E-state index >= 15 is 0 Å². The number of rotatable bonds is 6. The molecule has 0 atom stereocenters. The predicted octanol–water partition coefficient (Wildman–Crippen LogP) is 2.53. The van der Waals surface area contributed by atoms with Gasteiger partial charge in [-0.15, -0.1) is 0 Å². The second-order valence-electron chi connectivity index (χ2n) is 5.53. The molecule has 0 bridgehead atoms. The topological polar surface area (TPSA) is 97.1 Å². The molecule has 2 N–H and O–H groups in total. The SMILES string of the molecule is CCNc1c(NCc2ccc(-c3noc(C(F)(F)F)n3)c(F)c2)c(=O)c1=O. The molecule has 0 aliphatic rings. The van der Waals surface area contributed by atoms with E-state index in [9.17, 15) is 27.2 Å². The smallest absolute Gasteiger partial charge is 0.380 e. The summed E-state index contributed by atoms with van der Waals surface area (Å²) >= 11 is 0. The van der Waals surface area contributed by atoms with Crippen molar-refractivity contribution in [2.45, 2.75) is 19.6 Å². The molecule has 0 radical (unpaired) electrons. The molecule has 0 amide bonds. The van der Waals surface area contributed by atoms with Gasteiger partial charge < -0.3 is 15.2 Å². The standard InChI is InChI=1S/C16H12F4N4O3/c1-2-21-10-11(13(26)12(10)25)22-6-7-3-4-8(9(17)5-7)14-23-15(27-24-14)16(18,19)20/h3-5,21-22H,2,6H2,1H3. The van der Waals surface area contributed by atoms with Crippen LogP contribution in [0, 0.1) is 5.82 Å². The number of hydrogen-bond acceptors (Lipinski definition) is 7. The van der Waals surface area contributed by atoms with Crippen LogP contribution in [-0.2, 0) is 12.7 Å². The number of nitrogens with zero attached hydrogens (tertiary/aromatic N) is 2. The Labute approximate surface area is 148 Å². The Balaban J connectivity index is 1.76. The molecule has 0 aliphatic heterocycles. The van der Waals surface area contributed by atoms with Crippen LogP contribution in [0.15, 0.2) is 32.3 Å². The molecule has 0 spiro atoms. The summed E-state index contributed by atoms with van der Waals surface area (Å²) in [4.78, 5) is 26.1. The lowest BCUT2D eigenvalue weighted by Gasteiger charge is -2.14. The molecule has 1 aromatic heterocycles. The van der Waals surface area contributed by atoms with Gasteiger partial charge in [0, 0.05) is 13.1 Å². The zero-order valence-corrected chi connectivity index (χ0v) is 13.8. The summed E-state index contributed by atoms with van der Waals surface area (Å²) in [6.07, 6.45) is -4.82. The lowest BCUT2D eigenvalue weighted by Crippen LogP contribution is -2.37. The van der Waals surface area contributed by atoms with Crippen LogP contribution in [0.3, 0.4) is 0 Å². The first-order valence-corrected chi connectivity index (χ1v) is 7.73. The summed E-state index contributed by atoms with van der Waals surface area (Å²) in [7, 11) is 0. The zero-order chi connectivity index (χ0) is 19.8. The second kappa shape index (κ2) is 6.82. The van der Waals surface area contributed by atoms with Gasteiger partial charge >= 0.3 is 12.1 Å². The fraction of sp³-hybridized carbons (Fsp3) is 0.250. The lowest BCUT2D eigenvalue weighted by atomic mass is 10.1. The first-order chi connectivity index (χ1) is 12.7. The van der Waals surface area contributed by atoms with Gasteiger partial charge in [-0.2, -0.15) is 18.2 Å². The van der Waals surface area contributed by atoms with Crippen molar-refractivity contribution in [3.63, 3.8) is 0 Å². The third-order valence-corrected chi connectivity index (χ3v) is 3.68. The maximum Gasteiger partial charge on any atom is 0.471 e. The molecule has 0 fully saturated rings. The highest BCUT2D eigenvalue weighted by atomic mass is 19.4. The van der Waals surface area contributed by atoms with Crippen LogP contribution < -0.4 is 21.5 Å². The van der Waals surface area contributed by atoms with Gasteiger partial charge in [-0.25, -0.2) is 4.39 Å². The third-order valence-electron chi connectivity index (χ3n) is 3.68. The van der Waals surface area contributed by atoms with E-state index in [1.165, 1.54) is 12.1 Å². The molecule has 11 heteroatoms. The maximum absolute atomic E-state index is 14.2. The molecule has 2 aromatic carbocycles. The van der Waals surface area contributed by atoms with E-state index in [1.54, 1.807) is 6.92 Å². The zero-order valence-electron chi connectivity index (χ0n) is 13.8. The number of halogens is 4. The van der Waals surface area contributed by atoms with Crippen molar-refractivity contribution in [3.8, 4) is 11.4 Å². The number of alkyl halides is 3. The predicted molar refractivity (Wildman–Crippen MR) is 87.5 cm³/mol. The van der Waals surface area contributed by atoms with Gasteiger partial charge in [0.15, 0.2) is 0 Å². The van der Waals surface area contributed by atoms with Gasteiger partial charge in [0.25, 0.3) is 10.9 Å². The van der Waals surface area contributed by atoms with E-state index in [2.05, 4.69) is 25.3 Å². The number of aromatic nitrogens is 2. The average molecular weight is 384 g/mol. The van der Waals surface area contributed by atoms with E-state index in [4.69, 9.17) is 0 Å². The third kappa shape index (κ3) is 3.52. The molecule has 0 unspecified atom stereocenters. The van der Waals surface area contributed by atoms with Crippen molar-refractivity contribution in [1.82, 2.24) is 10.1 Å². The second-order valence-corrected chi connectivity index (χ2v) is 5.53. The number of nitrogens with one attached hydrogen (secondary N) is 2. The summed E-state index contributed by atoms with van der Waals surface area (Å²) in [6, 6.07) is 3.68. The van der Waals surface area contributed by atoms with Crippen molar-refractivity contribution in [1.29, 1.82) is 0 Å². The Morgan fingerprint density at radius 3 is 2.33 bits per heavy atom. The molecular weight excluding hydrogens is 372 g/mol. The summed E-state index contributed by atoms with van der Waals surface area (Å²) in [5, 5.41) is 8.63. The van der Waals surface area contributed by atoms with Crippen LogP contribution in [-0.4, -0.2) is 16.7 Å². The van der Waals surface area contributed by atoms with Gasteiger partial charge in [-0.1, -0.05) is 11.2 Å². The fourth-order valence-electron chi connectivity index (χ4n) is 2.39. The number of hydrogen-bond donors (Lipinski definition) is 2. The van der Waals surface area contributed by atoms with Crippen LogP contribution >= 0.6 is 0 Å². The van der Waals surface area contributed by atoms with E-state index in [0.29, 0.717) is 12.1 Å². The van der Waals surface area contributed by atoms with Crippen molar-refractivity contribution in [2.75, 3.05) is 17.2 Å². The normalized spacial score (nSPS) is 11.7. The summed E-state index contributed by atoms with van der Waals surface area (Å²) in [5.74, 6) is -2.96. The van der Waals surface area contributed by atoms with Crippen molar-refractivity contribution < 1.29 is 22.1 Å². The van der Waals surface area contributed by atoms with Crippen molar-refractivity contribution in [3.05, 3.63) is 55.9 Å². The van der Waals surface area contributed by atoms with Gasteiger partial charge in [0.05, 0.1) is 5.56 Å². The Hall–Kier alpha value is -3.24. The molecule has 3 aromatic rings. The molecule has 0 aliphatic carbocycles. The minimum absolute atomic E-state index is 0.0283. The molecule has 27 heavy (non-hydrogen) atoms. The average Bonchev–Trinajstić information content (AvgIpc) is 3.11. The molecular formula is C16H12F4N4O3. The van der Waals surface area contributed by atoms with E-state index in [-0.39, 0.29) is 23.5 Å². The van der Waals surface area contributed by atoms with E-state index in [0.717, 1.165) is 6.07 Å². The minimum atomic E-state index is -4.82. The van der Waals surface area contributed by atoms with Crippen LogP contribution in [0.5, 0.6) is 0 Å². The molecule has 0 saturated heterocycles. The Kier molecular flexibility index (Phi) is 4.68. The van der Waals surface area contributed by atoms with Gasteiger partial charge in [-0.05, 0) is 24.6 Å². The van der Waals surface area contributed by atoms with Crippen LogP contribution in [0.4, 0.5) is 28.9 Å². The van der Waals surface area contributed by atoms with Crippen LogP contribution in [0.25, 0.3) is 11.4 Å². The Bertz CT molecular complexity index is 1050. The molecule has 0 saturated carbocycles. The van der Waals surface area contributed by atoms with Crippen molar-refractivity contribution in [2.24, 2.45) is 0 Å². The lowest BCUT2D eigenvalue weighted by molar-refractivity contribution is -0.159. The van der Waals surface area contributed by atoms with Gasteiger partial charge in [0.2, 0.25) is 5.82 Å². The summed E-state index contributed by atoms with van der Waals surface area (Å²) in [6.45, 7) is 2.24. The Morgan fingerprint density at radius 2 is 1.78 bits per heavy atom. The number of benzene rings is 1. The Morgan fingerprint density at radius 1 is 1.11 bits per heavy atom.